The lowest BCUT2D eigenvalue weighted by atomic mass is 9.57. The van der Waals surface area contributed by atoms with Crippen molar-refractivity contribution in [3.8, 4) is 0 Å². The zero-order valence-corrected chi connectivity index (χ0v) is 19.4. The van der Waals surface area contributed by atoms with E-state index in [0.717, 1.165) is 19.0 Å². The molecule has 1 aromatic carbocycles. The number of benzene rings is 1. The van der Waals surface area contributed by atoms with Crippen LogP contribution in [-0.2, 0) is 17.6 Å². The van der Waals surface area contributed by atoms with Gasteiger partial charge in [-0.2, -0.15) is 0 Å². The van der Waals surface area contributed by atoms with Crippen LogP contribution in [0.3, 0.4) is 0 Å². The maximum absolute atomic E-state index is 5.92. The third-order valence-electron chi connectivity index (χ3n) is 6.84. The lowest BCUT2D eigenvalue weighted by Crippen LogP contribution is -2.68. The first-order valence-corrected chi connectivity index (χ1v) is 10.2. The van der Waals surface area contributed by atoms with Crippen molar-refractivity contribution >= 4 is 29.9 Å². The van der Waals surface area contributed by atoms with Crippen molar-refractivity contribution < 1.29 is 4.74 Å². The van der Waals surface area contributed by atoms with Gasteiger partial charge in [0.15, 0.2) is 5.96 Å². The van der Waals surface area contributed by atoms with Gasteiger partial charge in [-0.15, -0.1) is 24.0 Å². The summed E-state index contributed by atoms with van der Waals surface area (Å²) in [6.45, 7) is 7.73. The summed E-state index contributed by atoms with van der Waals surface area (Å²) in [5, 5.41) is 7.29. The highest BCUT2D eigenvalue weighted by molar-refractivity contribution is 14.0. The largest absolute Gasteiger partial charge is 0.377 e. The van der Waals surface area contributed by atoms with E-state index in [1.807, 2.05) is 7.05 Å². The standard InChI is InChI=1S/C22H33N3O.HI/c1-14(16-10-9-15-7-5-6-8-17(15)13-16)24-21(23-4)25-19-18-11-12-26-20(18)22(19,2)3;/h9-10,13-14,18-20H,5-8,11-12H2,1-4H3,(H2,23,24,25);1H. The van der Waals surface area contributed by atoms with Crippen LogP contribution < -0.4 is 10.6 Å². The average Bonchev–Trinajstić information content (AvgIpc) is 3.11. The van der Waals surface area contributed by atoms with Crippen LogP contribution >= 0.6 is 24.0 Å². The Hall–Kier alpha value is -0.820. The van der Waals surface area contributed by atoms with Crippen LogP contribution in [0.25, 0.3) is 0 Å². The maximum Gasteiger partial charge on any atom is 0.191 e. The molecule has 2 aliphatic carbocycles. The molecule has 1 aromatic rings. The second kappa shape index (κ2) is 8.27. The highest BCUT2D eigenvalue weighted by atomic mass is 127. The monoisotopic (exact) mass is 483 g/mol. The fraction of sp³-hybridized carbons (Fsp3) is 0.682. The van der Waals surface area contributed by atoms with Crippen molar-refractivity contribution in [2.75, 3.05) is 13.7 Å². The number of aliphatic imine (C=N–C) groups is 1. The number of hydrogen-bond donors (Lipinski definition) is 2. The second-order valence-corrected chi connectivity index (χ2v) is 8.86. The van der Waals surface area contributed by atoms with Gasteiger partial charge >= 0.3 is 0 Å². The van der Waals surface area contributed by atoms with E-state index in [4.69, 9.17) is 4.74 Å². The van der Waals surface area contributed by atoms with Gasteiger partial charge in [-0.1, -0.05) is 32.0 Å². The predicted molar refractivity (Wildman–Crippen MR) is 122 cm³/mol. The Morgan fingerprint density at radius 3 is 2.70 bits per heavy atom. The molecule has 5 heteroatoms. The summed E-state index contributed by atoms with van der Waals surface area (Å²) in [4.78, 5) is 4.50. The molecule has 4 rings (SSSR count). The molecule has 1 aliphatic heterocycles. The number of nitrogens with zero attached hydrogens (tertiary/aromatic N) is 1. The molecule has 0 spiro atoms. The molecule has 0 aromatic heterocycles. The van der Waals surface area contributed by atoms with Crippen LogP contribution in [0.5, 0.6) is 0 Å². The van der Waals surface area contributed by atoms with Crippen LogP contribution in [0.1, 0.15) is 62.8 Å². The summed E-state index contributed by atoms with van der Waals surface area (Å²) in [6.07, 6.45) is 6.67. The van der Waals surface area contributed by atoms with Crippen LogP contribution in [0.15, 0.2) is 23.2 Å². The molecule has 2 N–H and O–H groups in total. The Labute approximate surface area is 181 Å². The molecule has 0 amide bonds. The van der Waals surface area contributed by atoms with Crippen LogP contribution in [0, 0.1) is 11.3 Å². The van der Waals surface area contributed by atoms with E-state index >= 15 is 0 Å². The summed E-state index contributed by atoms with van der Waals surface area (Å²) in [6, 6.07) is 7.67. The topological polar surface area (TPSA) is 45.7 Å². The number of hydrogen-bond acceptors (Lipinski definition) is 2. The summed E-state index contributed by atoms with van der Waals surface area (Å²) >= 11 is 0. The molecule has 27 heavy (non-hydrogen) atoms. The quantitative estimate of drug-likeness (QED) is 0.385. The molecular weight excluding hydrogens is 449 g/mol. The Bertz CT molecular complexity index is 703. The van der Waals surface area contributed by atoms with Gasteiger partial charge in [0.25, 0.3) is 0 Å². The third kappa shape index (κ3) is 3.86. The Morgan fingerprint density at radius 1 is 1.22 bits per heavy atom. The minimum absolute atomic E-state index is 0. The molecule has 0 bridgehead atoms. The summed E-state index contributed by atoms with van der Waals surface area (Å²) in [7, 11) is 1.86. The highest BCUT2D eigenvalue weighted by Gasteiger charge is 2.59. The number of fused-ring (bicyclic) bond motifs is 2. The summed E-state index contributed by atoms with van der Waals surface area (Å²) < 4.78 is 5.92. The molecule has 2 fully saturated rings. The van der Waals surface area contributed by atoms with Gasteiger partial charge in [0, 0.05) is 31.0 Å². The van der Waals surface area contributed by atoms with Crippen molar-refractivity contribution in [1.82, 2.24) is 10.6 Å². The van der Waals surface area contributed by atoms with Crippen LogP contribution in [0.4, 0.5) is 0 Å². The van der Waals surface area contributed by atoms with Crippen molar-refractivity contribution in [3.63, 3.8) is 0 Å². The average molecular weight is 483 g/mol. The minimum atomic E-state index is 0. The molecule has 1 heterocycles. The molecule has 4 unspecified atom stereocenters. The van der Waals surface area contributed by atoms with E-state index in [9.17, 15) is 0 Å². The molecule has 0 radical (unpaired) electrons. The van der Waals surface area contributed by atoms with Crippen molar-refractivity contribution in [3.05, 3.63) is 34.9 Å². The van der Waals surface area contributed by atoms with E-state index < -0.39 is 0 Å². The number of aryl methyl sites for hydroxylation is 2. The van der Waals surface area contributed by atoms with Crippen molar-refractivity contribution in [2.45, 2.75) is 71.1 Å². The highest BCUT2D eigenvalue weighted by Crippen LogP contribution is 2.52. The van der Waals surface area contributed by atoms with Gasteiger partial charge in [-0.3, -0.25) is 4.99 Å². The lowest BCUT2D eigenvalue weighted by Gasteiger charge is -2.55. The molecule has 1 saturated carbocycles. The van der Waals surface area contributed by atoms with Crippen molar-refractivity contribution in [1.29, 1.82) is 0 Å². The zero-order chi connectivity index (χ0) is 18.3. The first-order chi connectivity index (χ1) is 12.5. The molecule has 150 valence electrons. The minimum Gasteiger partial charge on any atom is -0.377 e. The van der Waals surface area contributed by atoms with E-state index in [-0.39, 0.29) is 35.4 Å². The van der Waals surface area contributed by atoms with Gasteiger partial charge in [0.05, 0.1) is 12.1 Å². The van der Waals surface area contributed by atoms with Crippen LogP contribution in [0.2, 0.25) is 0 Å². The first-order valence-electron chi connectivity index (χ1n) is 10.2. The zero-order valence-electron chi connectivity index (χ0n) is 17.0. The van der Waals surface area contributed by atoms with Gasteiger partial charge < -0.3 is 15.4 Å². The second-order valence-electron chi connectivity index (χ2n) is 8.86. The molecule has 1 saturated heterocycles. The van der Waals surface area contributed by atoms with E-state index in [1.54, 1.807) is 0 Å². The fourth-order valence-corrected chi connectivity index (χ4v) is 5.25. The Morgan fingerprint density at radius 2 is 1.96 bits per heavy atom. The number of nitrogens with one attached hydrogen (secondary N) is 2. The molecule has 4 nitrogen and oxygen atoms in total. The summed E-state index contributed by atoms with van der Waals surface area (Å²) in [5.41, 5.74) is 4.59. The van der Waals surface area contributed by atoms with Gasteiger partial charge in [0.1, 0.15) is 0 Å². The normalized spacial score (nSPS) is 29.6. The Kier molecular flexibility index (Phi) is 6.41. The number of guanidine groups is 1. The Balaban J connectivity index is 0.00000210. The molecule has 4 atom stereocenters. The van der Waals surface area contributed by atoms with Gasteiger partial charge in [0.2, 0.25) is 0 Å². The smallest absolute Gasteiger partial charge is 0.191 e. The van der Waals surface area contributed by atoms with Gasteiger partial charge in [-0.05, 0) is 55.7 Å². The van der Waals surface area contributed by atoms with Crippen molar-refractivity contribution in [2.24, 2.45) is 16.3 Å². The van der Waals surface area contributed by atoms with E-state index in [2.05, 4.69) is 54.6 Å². The first kappa shape index (κ1) is 20.9. The summed E-state index contributed by atoms with van der Waals surface area (Å²) in [5.74, 6) is 1.52. The SMILES string of the molecule is CN=C(NC(C)c1ccc2c(c1)CCCC2)NC1C2CCOC2C1(C)C.I. The molecule has 3 aliphatic rings. The lowest BCUT2D eigenvalue weighted by molar-refractivity contribution is -0.106. The third-order valence-corrected chi connectivity index (χ3v) is 6.84. The number of halogens is 1. The maximum atomic E-state index is 5.92. The van der Waals surface area contributed by atoms with E-state index in [1.165, 1.54) is 42.4 Å². The fourth-order valence-electron chi connectivity index (χ4n) is 5.25. The number of ether oxygens (including phenoxy) is 1. The molecular formula is C22H34IN3O. The van der Waals surface area contributed by atoms with Crippen LogP contribution in [-0.4, -0.2) is 31.8 Å². The number of rotatable bonds is 3. The van der Waals surface area contributed by atoms with Gasteiger partial charge in [-0.25, -0.2) is 0 Å². The predicted octanol–water partition coefficient (Wildman–Crippen LogP) is 4.22. The van der Waals surface area contributed by atoms with E-state index in [0.29, 0.717) is 18.1 Å².